The Bertz CT molecular complexity index is 343. The monoisotopic (exact) mass is 179 g/mol. The Kier molecular flexibility index (Phi) is 2.99. The fraction of sp³-hybridized carbons (Fsp3) is 0.300. The summed E-state index contributed by atoms with van der Waals surface area (Å²) >= 11 is 0. The largest absolute Gasteiger partial charge is 0.396 e. The van der Waals surface area contributed by atoms with Gasteiger partial charge in [-0.1, -0.05) is 6.92 Å². The molecule has 0 radical (unpaired) electrons. The van der Waals surface area contributed by atoms with Crippen LogP contribution < -0.4 is 0 Å². The zero-order chi connectivity index (χ0) is 9.84. The lowest BCUT2D eigenvalue weighted by Crippen LogP contribution is -2.02. The average Bonchev–Trinajstić information content (AvgIpc) is 2.16. The fourth-order valence-corrected chi connectivity index (χ4v) is 1.14. The summed E-state index contributed by atoms with van der Waals surface area (Å²) in [5.74, 6) is -0.584. The summed E-state index contributed by atoms with van der Waals surface area (Å²) in [5.41, 5.74) is 0.980. The highest BCUT2D eigenvalue weighted by molar-refractivity contribution is 5.39. The van der Waals surface area contributed by atoms with E-state index in [0.717, 1.165) is 0 Å². The van der Waals surface area contributed by atoms with E-state index >= 15 is 0 Å². The second-order valence-corrected chi connectivity index (χ2v) is 2.93. The van der Waals surface area contributed by atoms with Gasteiger partial charge in [0.1, 0.15) is 5.82 Å². The first kappa shape index (κ1) is 9.69. The molecule has 0 fully saturated rings. The van der Waals surface area contributed by atoms with E-state index in [1.807, 2.05) is 6.07 Å². The molecular formula is C10H10FNO. The van der Waals surface area contributed by atoms with Gasteiger partial charge in [-0.15, -0.1) is 0 Å². The third-order valence-corrected chi connectivity index (χ3v) is 1.94. The lowest BCUT2D eigenvalue weighted by molar-refractivity contribution is 0.272. The summed E-state index contributed by atoms with van der Waals surface area (Å²) in [5, 5.41) is 17.6. The van der Waals surface area contributed by atoms with E-state index < -0.39 is 0 Å². The van der Waals surface area contributed by atoms with E-state index in [0.29, 0.717) is 11.1 Å². The highest BCUT2D eigenvalue weighted by atomic mass is 19.1. The van der Waals surface area contributed by atoms with Crippen molar-refractivity contribution in [1.29, 1.82) is 5.26 Å². The van der Waals surface area contributed by atoms with Crippen LogP contribution in [-0.4, -0.2) is 11.7 Å². The topological polar surface area (TPSA) is 44.0 Å². The van der Waals surface area contributed by atoms with E-state index in [1.165, 1.54) is 18.2 Å². The molecule has 0 saturated heterocycles. The Balaban J connectivity index is 3.17. The Morgan fingerprint density at radius 1 is 1.62 bits per heavy atom. The number of hydrogen-bond acceptors (Lipinski definition) is 2. The van der Waals surface area contributed by atoms with E-state index in [4.69, 9.17) is 10.4 Å². The van der Waals surface area contributed by atoms with Crippen molar-refractivity contribution < 1.29 is 9.50 Å². The normalized spacial score (nSPS) is 12.2. The molecule has 0 aliphatic heterocycles. The molecule has 1 aromatic rings. The van der Waals surface area contributed by atoms with Crippen LogP contribution in [0.3, 0.4) is 0 Å². The van der Waals surface area contributed by atoms with Crippen molar-refractivity contribution >= 4 is 0 Å². The van der Waals surface area contributed by atoms with Crippen LogP contribution in [0, 0.1) is 17.1 Å². The number of aliphatic hydroxyl groups excluding tert-OH is 1. The Morgan fingerprint density at radius 2 is 2.31 bits per heavy atom. The minimum atomic E-state index is -0.380. The van der Waals surface area contributed by atoms with Gasteiger partial charge in [0.05, 0.1) is 11.6 Å². The van der Waals surface area contributed by atoms with Gasteiger partial charge in [-0.3, -0.25) is 0 Å². The minimum Gasteiger partial charge on any atom is -0.396 e. The second-order valence-electron chi connectivity index (χ2n) is 2.93. The van der Waals surface area contributed by atoms with E-state index in [-0.39, 0.29) is 18.3 Å². The second kappa shape index (κ2) is 4.01. The van der Waals surface area contributed by atoms with Crippen LogP contribution in [-0.2, 0) is 0 Å². The molecule has 0 spiro atoms. The van der Waals surface area contributed by atoms with E-state index in [1.54, 1.807) is 6.92 Å². The molecule has 13 heavy (non-hydrogen) atoms. The summed E-state index contributed by atoms with van der Waals surface area (Å²) in [6.07, 6.45) is 0. The predicted octanol–water partition coefficient (Wildman–Crippen LogP) is 1.79. The van der Waals surface area contributed by atoms with Gasteiger partial charge in [0.15, 0.2) is 0 Å². The molecule has 0 heterocycles. The molecular weight excluding hydrogens is 169 g/mol. The first-order valence-electron chi connectivity index (χ1n) is 3.99. The Morgan fingerprint density at radius 3 is 2.85 bits per heavy atom. The molecule has 1 aromatic carbocycles. The number of nitriles is 1. The van der Waals surface area contributed by atoms with Crippen LogP contribution in [0.25, 0.3) is 0 Å². The van der Waals surface area contributed by atoms with Crippen molar-refractivity contribution in [3.63, 3.8) is 0 Å². The van der Waals surface area contributed by atoms with Crippen molar-refractivity contribution in [2.24, 2.45) is 0 Å². The van der Waals surface area contributed by atoms with Crippen LogP contribution in [0.15, 0.2) is 18.2 Å². The zero-order valence-corrected chi connectivity index (χ0v) is 7.29. The van der Waals surface area contributed by atoms with Crippen LogP contribution in [0.4, 0.5) is 4.39 Å². The molecule has 0 bridgehead atoms. The third kappa shape index (κ3) is 2.04. The van der Waals surface area contributed by atoms with Gasteiger partial charge in [0.2, 0.25) is 0 Å². The summed E-state index contributed by atoms with van der Waals surface area (Å²) in [7, 11) is 0. The van der Waals surface area contributed by atoms with Crippen LogP contribution in [0.2, 0.25) is 0 Å². The van der Waals surface area contributed by atoms with Gasteiger partial charge in [0, 0.05) is 12.5 Å². The van der Waals surface area contributed by atoms with Gasteiger partial charge >= 0.3 is 0 Å². The smallest absolute Gasteiger partial charge is 0.123 e. The van der Waals surface area contributed by atoms with Crippen molar-refractivity contribution in [3.8, 4) is 6.07 Å². The maximum absolute atomic E-state index is 12.8. The molecule has 0 aromatic heterocycles. The highest BCUT2D eigenvalue weighted by Gasteiger charge is 2.10. The summed E-state index contributed by atoms with van der Waals surface area (Å²) in [4.78, 5) is 0. The standard InChI is InChI=1S/C10H10FNO/c1-7(6-13)10-4-9(11)3-2-8(10)5-12/h2-4,7,13H,6H2,1H3. The molecule has 1 N–H and O–H groups in total. The van der Waals surface area contributed by atoms with Gasteiger partial charge in [-0.2, -0.15) is 5.26 Å². The number of hydrogen-bond donors (Lipinski definition) is 1. The van der Waals surface area contributed by atoms with Crippen LogP contribution in [0.5, 0.6) is 0 Å². The number of halogens is 1. The lowest BCUT2D eigenvalue weighted by Gasteiger charge is -2.09. The van der Waals surface area contributed by atoms with E-state index in [2.05, 4.69) is 0 Å². The number of benzene rings is 1. The molecule has 0 saturated carbocycles. The van der Waals surface area contributed by atoms with Gasteiger partial charge < -0.3 is 5.11 Å². The van der Waals surface area contributed by atoms with Crippen molar-refractivity contribution in [1.82, 2.24) is 0 Å². The maximum Gasteiger partial charge on any atom is 0.123 e. The molecule has 1 atom stereocenters. The van der Waals surface area contributed by atoms with Gasteiger partial charge in [-0.05, 0) is 23.8 Å². The van der Waals surface area contributed by atoms with Crippen molar-refractivity contribution in [2.75, 3.05) is 6.61 Å². The molecule has 0 aliphatic carbocycles. The van der Waals surface area contributed by atoms with Gasteiger partial charge in [0.25, 0.3) is 0 Å². The van der Waals surface area contributed by atoms with Gasteiger partial charge in [-0.25, -0.2) is 4.39 Å². The first-order chi connectivity index (χ1) is 6.19. The summed E-state index contributed by atoms with van der Waals surface area (Å²) in [6, 6.07) is 5.92. The summed E-state index contributed by atoms with van der Waals surface area (Å²) in [6.45, 7) is 1.66. The number of nitrogens with zero attached hydrogens (tertiary/aromatic N) is 1. The Hall–Kier alpha value is -1.40. The first-order valence-corrected chi connectivity index (χ1v) is 3.99. The average molecular weight is 179 g/mol. The molecule has 0 amide bonds. The lowest BCUT2D eigenvalue weighted by atomic mass is 9.97. The number of rotatable bonds is 2. The highest BCUT2D eigenvalue weighted by Crippen LogP contribution is 2.19. The number of aliphatic hydroxyl groups is 1. The van der Waals surface area contributed by atoms with Crippen LogP contribution >= 0.6 is 0 Å². The molecule has 1 rings (SSSR count). The maximum atomic E-state index is 12.8. The summed E-state index contributed by atoms with van der Waals surface area (Å²) < 4.78 is 12.8. The molecule has 0 aliphatic rings. The third-order valence-electron chi connectivity index (χ3n) is 1.94. The molecule has 1 unspecified atom stereocenters. The van der Waals surface area contributed by atoms with Crippen molar-refractivity contribution in [2.45, 2.75) is 12.8 Å². The molecule has 3 heteroatoms. The fourth-order valence-electron chi connectivity index (χ4n) is 1.14. The van der Waals surface area contributed by atoms with Crippen molar-refractivity contribution in [3.05, 3.63) is 35.1 Å². The zero-order valence-electron chi connectivity index (χ0n) is 7.29. The van der Waals surface area contributed by atoms with E-state index in [9.17, 15) is 4.39 Å². The van der Waals surface area contributed by atoms with Crippen LogP contribution in [0.1, 0.15) is 24.0 Å². The predicted molar refractivity (Wildman–Crippen MR) is 46.6 cm³/mol. The Labute approximate surface area is 76.2 Å². The molecule has 2 nitrogen and oxygen atoms in total. The SMILES string of the molecule is CC(CO)c1cc(F)ccc1C#N. The quantitative estimate of drug-likeness (QED) is 0.752. The molecule has 68 valence electrons. The minimum absolute atomic E-state index is 0.0852.